The fraction of sp³-hybridized carbons (Fsp3) is 0.0154. The van der Waals surface area contributed by atoms with E-state index in [1.54, 1.807) is 0 Å². The lowest BCUT2D eigenvalue weighted by Gasteiger charge is -2.19. The molecule has 0 radical (unpaired) electrons. The minimum absolute atomic E-state index is 0.714. The van der Waals surface area contributed by atoms with Gasteiger partial charge in [0.2, 0.25) is 0 Å². The summed E-state index contributed by atoms with van der Waals surface area (Å²) >= 11 is 0. The molecule has 0 aliphatic carbocycles. The van der Waals surface area contributed by atoms with Gasteiger partial charge in [-0.15, -0.1) is 0 Å². The van der Waals surface area contributed by atoms with E-state index in [4.69, 9.17) is 29.9 Å². The van der Waals surface area contributed by atoms with Crippen molar-refractivity contribution in [3.05, 3.63) is 509 Å². The molecule has 0 atom stereocenters. The Labute approximate surface area is 790 Å². The van der Waals surface area contributed by atoms with E-state index in [-0.39, 0.29) is 0 Å². The number of fused-ring (bicyclic) bond motifs is 8. The van der Waals surface area contributed by atoms with Gasteiger partial charge in [0.25, 0.3) is 0 Å². The normalized spacial score (nSPS) is 11.3. The third-order valence-electron chi connectivity index (χ3n) is 26.1. The van der Waals surface area contributed by atoms with Crippen molar-refractivity contribution in [3.63, 3.8) is 0 Å². The number of hydrogen-bond donors (Lipinski definition) is 0. The molecule has 6 nitrogen and oxygen atoms in total. The highest BCUT2D eigenvalue weighted by molar-refractivity contribution is 6.25. The lowest BCUT2D eigenvalue weighted by Crippen LogP contribution is -1.98. The molecule has 3 heterocycles. The van der Waals surface area contributed by atoms with Crippen LogP contribution in [-0.2, 0) is 0 Å². The molecular formula is C130H88N6. The second kappa shape index (κ2) is 36.5. The summed E-state index contributed by atoms with van der Waals surface area (Å²) in [6, 6.07) is 176. The molecule has 0 aliphatic heterocycles. The molecule has 25 rings (SSSR count). The second-order valence-electron chi connectivity index (χ2n) is 34.7. The summed E-state index contributed by atoms with van der Waals surface area (Å²) in [7, 11) is 0. The number of benzene rings is 22. The SMILES string of the molecule is Cc1cc(C)cc(-c2c3ccccc3c(-c3cc(-c4cccc5ccccc45)nc(-c4ccccc4)n3)c3ccccc23)c1.c1ccc(-c2cc(-c3c4ccccc4c(-c4ccc5ccccc5c4)c4ccccc34)nc(-c3ccccc3)n2)cc1.c1ccc(-c2ccc(-c3c4ccccc4c(-c4cccc(-c5cc(-c6ccccc6)nc(-c6ccccc6)n5)c4)c4ccccc34)cc2)cc1. The molecule has 0 aliphatic rings. The number of rotatable bonds is 14. The van der Waals surface area contributed by atoms with Crippen LogP contribution in [0.5, 0.6) is 0 Å². The van der Waals surface area contributed by atoms with E-state index in [2.05, 4.69) is 445 Å². The molecule has 0 saturated heterocycles. The number of aromatic nitrogens is 6. The quantitative estimate of drug-likeness (QED) is 0.101. The molecule has 0 N–H and O–H groups in total. The monoisotopic (exact) mass is 1730 g/mol. The van der Waals surface area contributed by atoms with Crippen molar-refractivity contribution in [2.24, 2.45) is 0 Å². The minimum atomic E-state index is 0.714. The van der Waals surface area contributed by atoms with Crippen molar-refractivity contribution in [3.8, 4) is 157 Å². The summed E-state index contributed by atoms with van der Waals surface area (Å²) in [5.41, 5.74) is 29.8. The van der Waals surface area contributed by atoms with Crippen molar-refractivity contribution in [2.75, 3.05) is 0 Å². The van der Waals surface area contributed by atoms with Gasteiger partial charge in [0.1, 0.15) is 0 Å². The molecule has 6 heteroatoms. The number of aryl methyl sites for hydroxylation is 2. The highest BCUT2D eigenvalue weighted by atomic mass is 14.9. The largest absolute Gasteiger partial charge is 0.228 e. The van der Waals surface area contributed by atoms with E-state index in [1.165, 1.54) is 147 Å². The first kappa shape index (κ1) is 82.6. The number of hydrogen-bond acceptors (Lipinski definition) is 6. The standard InChI is InChI=1S/C48H32N2.C42H30N2.C40H26N2/c1-4-15-33(16-5-1)34-27-29-36(30-28-34)46-40-23-10-12-25-42(40)47(43-26-13-11-24-41(43)46)39-22-14-21-38(31-39)45-32-44(35-17-6-2-7-18-35)49-48(50-45)37-19-8-3-9-20-37;1-27-23-28(2)25-31(24-27)40-34-18-8-10-20-36(34)41(37-21-11-9-19-35(37)40)39-26-38(43-42(44-39)30-14-4-3-5-15-30)33-22-12-16-29-13-6-7-17-32(29)33;1-3-14-28(15-4-1)36-26-37(42-40(41-36)29-16-5-2-6-17-29)39-34-21-11-9-19-32(34)38(33-20-10-12-22-35(33)39)31-24-23-27-13-7-8-18-30(27)25-31/h1-32H;3-26H,1-2H3;1-26H. The fourth-order valence-electron chi connectivity index (χ4n) is 19.9. The van der Waals surface area contributed by atoms with Crippen LogP contribution in [0.15, 0.2) is 497 Å². The minimum Gasteiger partial charge on any atom is -0.228 e. The Bertz CT molecular complexity index is 8520. The third-order valence-corrected chi connectivity index (χ3v) is 26.1. The van der Waals surface area contributed by atoms with Crippen LogP contribution >= 0.6 is 0 Å². The Balaban J connectivity index is 0.000000115. The van der Waals surface area contributed by atoms with Crippen LogP contribution in [0.3, 0.4) is 0 Å². The molecule has 0 unspecified atom stereocenters. The average molecular weight is 1730 g/mol. The van der Waals surface area contributed by atoms with Crippen molar-refractivity contribution < 1.29 is 0 Å². The van der Waals surface area contributed by atoms with Gasteiger partial charge < -0.3 is 0 Å². The first-order valence-corrected chi connectivity index (χ1v) is 46.4. The summed E-state index contributed by atoms with van der Waals surface area (Å²) in [4.78, 5) is 30.9. The molecule has 136 heavy (non-hydrogen) atoms. The predicted molar refractivity (Wildman–Crippen MR) is 572 cm³/mol. The Hall–Kier alpha value is -17.8. The van der Waals surface area contributed by atoms with Gasteiger partial charge in [0.05, 0.1) is 34.2 Å². The topological polar surface area (TPSA) is 77.3 Å². The van der Waals surface area contributed by atoms with Crippen molar-refractivity contribution in [1.82, 2.24) is 29.9 Å². The van der Waals surface area contributed by atoms with Gasteiger partial charge in [-0.25, -0.2) is 29.9 Å². The summed E-state index contributed by atoms with van der Waals surface area (Å²) in [6.45, 7) is 4.35. The molecule has 0 amide bonds. The van der Waals surface area contributed by atoms with Crippen molar-refractivity contribution in [1.29, 1.82) is 0 Å². The Morgan fingerprint density at radius 3 is 0.809 bits per heavy atom. The predicted octanol–water partition coefficient (Wildman–Crippen LogP) is 34.6. The van der Waals surface area contributed by atoms with Crippen LogP contribution in [0.2, 0.25) is 0 Å². The number of nitrogens with zero attached hydrogens (tertiary/aromatic N) is 6. The maximum absolute atomic E-state index is 5.30. The first-order chi connectivity index (χ1) is 67.3. The zero-order valence-electron chi connectivity index (χ0n) is 75.0. The van der Waals surface area contributed by atoms with Gasteiger partial charge in [-0.05, 0) is 186 Å². The average Bonchev–Trinajstić information content (AvgIpc) is 0.735. The Morgan fingerprint density at radius 1 is 0.125 bits per heavy atom. The molecule has 25 aromatic rings. The zero-order valence-corrected chi connectivity index (χ0v) is 75.0. The Kier molecular flexibility index (Phi) is 22.1. The summed E-state index contributed by atoms with van der Waals surface area (Å²) in [5, 5.41) is 19.4. The van der Waals surface area contributed by atoms with Crippen LogP contribution in [0.1, 0.15) is 11.1 Å². The van der Waals surface area contributed by atoms with Crippen molar-refractivity contribution in [2.45, 2.75) is 13.8 Å². The van der Waals surface area contributed by atoms with E-state index in [9.17, 15) is 0 Å². The van der Waals surface area contributed by atoms with E-state index in [1.807, 2.05) is 66.7 Å². The molecular weight excluding hydrogens is 1650 g/mol. The zero-order chi connectivity index (χ0) is 90.8. The molecule has 0 fully saturated rings. The van der Waals surface area contributed by atoms with Gasteiger partial charge >= 0.3 is 0 Å². The van der Waals surface area contributed by atoms with Crippen LogP contribution in [0, 0.1) is 13.8 Å². The smallest absolute Gasteiger partial charge is 0.160 e. The van der Waals surface area contributed by atoms with Crippen LogP contribution in [0.4, 0.5) is 0 Å². The maximum Gasteiger partial charge on any atom is 0.160 e. The van der Waals surface area contributed by atoms with Gasteiger partial charge in [0, 0.05) is 50.1 Å². The summed E-state index contributed by atoms with van der Waals surface area (Å²) in [6.07, 6.45) is 0. The molecule has 0 bridgehead atoms. The van der Waals surface area contributed by atoms with Gasteiger partial charge in [0.15, 0.2) is 17.5 Å². The molecule has 638 valence electrons. The van der Waals surface area contributed by atoms with E-state index < -0.39 is 0 Å². The van der Waals surface area contributed by atoms with Crippen LogP contribution < -0.4 is 0 Å². The molecule has 0 spiro atoms. The van der Waals surface area contributed by atoms with E-state index in [0.717, 1.165) is 101 Å². The molecule has 0 saturated carbocycles. The summed E-state index contributed by atoms with van der Waals surface area (Å²) in [5.74, 6) is 2.15. The fourth-order valence-corrected chi connectivity index (χ4v) is 19.9. The highest BCUT2D eigenvalue weighted by Crippen LogP contribution is 2.50. The Morgan fingerprint density at radius 2 is 0.382 bits per heavy atom. The van der Waals surface area contributed by atoms with Gasteiger partial charge in [-0.3, -0.25) is 0 Å². The molecule has 3 aromatic heterocycles. The molecule has 22 aromatic carbocycles. The maximum atomic E-state index is 5.30. The van der Waals surface area contributed by atoms with E-state index in [0.29, 0.717) is 5.82 Å². The lowest BCUT2D eigenvalue weighted by molar-refractivity contribution is 1.18. The van der Waals surface area contributed by atoms with E-state index >= 15 is 0 Å². The van der Waals surface area contributed by atoms with Crippen LogP contribution in [-0.4, -0.2) is 29.9 Å². The summed E-state index contributed by atoms with van der Waals surface area (Å²) < 4.78 is 0. The van der Waals surface area contributed by atoms with Gasteiger partial charge in [-0.2, -0.15) is 0 Å². The van der Waals surface area contributed by atoms with Gasteiger partial charge in [-0.1, -0.05) is 478 Å². The second-order valence-corrected chi connectivity index (χ2v) is 34.7. The lowest BCUT2D eigenvalue weighted by atomic mass is 9.85. The highest BCUT2D eigenvalue weighted by Gasteiger charge is 2.25. The first-order valence-electron chi connectivity index (χ1n) is 46.4. The third kappa shape index (κ3) is 16.1. The van der Waals surface area contributed by atoms with Crippen molar-refractivity contribution >= 4 is 86.2 Å². The van der Waals surface area contributed by atoms with Crippen LogP contribution in [0.25, 0.3) is 244 Å².